The van der Waals surface area contributed by atoms with Crippen LogP contribution in [0.1, 0.15) is 43.6 Å². The summed E-state index contributed by atoms with van der Waals surface area (Å²) in [6.45, 7) is 5.59. The summed E-state index contributed by atoms with van der Waals surface area (Å²) in [7, 11) is 0. The Kier molecular flexibility index (Phi) is 7.73. The van der Waals surface area contributed by atoms with Gasteiger partial charge in [0, 0.05) is 22.0 Å². The summed E-state index contributed by atoms with van der Waals surface area (Å²) in [5.41, 5.74) is 2.64. The Morgan fingerprint density at radius 1 is 1.15 bits per heavy atom. The van der Waals surface area contributed by atoms with E-state index < -0.39 is 17.8 Å². The number of amides is 2. The molecule has 0 saturated heterocycles. The molecular formula is C24H28ClFN4O3. The van der Waals surface area contributed by atoms with Crippen LogP contribution in [0.3, 0.4) is 0 Å². The van der Waals surface area contributed by atoms with Gasteiger partial charge < -0.3 is 20.8 Å². The predicted octanol–water partition coefficient (Wildman–Crippen LogP) is 4.35. The molecule has 0 unspecified atom stereocenters. The fraction of sp³-hybridized carbons (Fsp3) is 0.333. The first-order valence-electron chi connectivity index (χ1n) is 10.5. The maximum atomic E-state index is 14.3. The van der Waals surface area contributed by atoms with Crippen molar-refractivity contribution >= 4 is 23.3 Å². The van der Waals surface area contributed by atoms with Gasteiger partial charge in [-0.1, -0.05) is 44.5 Å². The third kappa shape index (κ3) is 6.10. The van der Waals surface area contributed by atoms with E-state index in [2.05, 4.69) is 31.4 Å². The quantitative estimate of drug-likeness (QED) is 0.409. The van der Waals surface area contributed by atoms with E-state index in [9.17, 15) is 19.4 Å². The van der Waals surface area contributed by atoms with Gasteiger partial charge in [-0.2, -0.15) is 5.10 Å². The molecule has 0 radical (unpaired) electrons. The number of aliphatic hydroxyl groups excluding tert-OH is 2. The first-order valence-corrected chi connectivity index (χ1v) is 10.9. The summed E-state index contributed by atoms with van der Waals surface area (Å²) < 4.78 is 16.1. The van der Waals surface area contributed by atoms with Crippen molar-refractivity contribution in [1.29, 1.82) is 0 Å². The van der Waals surface area contributed by atoms with Crippen molar-refractivity contribution in [3.8, 4) is 5.69 Å². The number of carbonyl (C=O) groups excluding carboxylic acids is 1. The van der Waals surface area contributed by atoms with E-state index in [-0.39, 0.29) is 36.4 Å². The van der Waals surface area contributed by atoms with Crippen LogP contribution in [0, 0.1) is 5.82 Å². The summed E-state index contributed by atoms with van der Waals surface area (Å²) in [5.74, 6) is -1.33. The molecule has 0 fully saturated rings. The molecule has 2 amide bonds. The molecule has 1 aromatic heterocycles. The van der Waals surface area contributed by atoms with Crippen molar-refractivity contribution in [2.24, 2.45) is 0 Å². The van der Waals surface area contributed by atoms with Crippen molar-refractivity contribution in [2.75, 3.05) is 18.5 Å². The Hall–Kier alpha value is -2.94. The van der Waals surface area contributed by atoms with E-state index in [4.69, 9.17) is 16.7 Å². The van der Waals surface area contributed by atoms with Crippen LogP contribution in [0.5, 0.6) is 0 Å². The standard InChI is InChI=1S/C24H28ClFN4O3/c1-24(2,3)22-11-19(30(29-22)18-6-4-5-16(25)9-18)12-27-23(33)28-17-7-8-20(21(26)10-17)15(13-31)14-32/h4-11,15,31-32H,12-14H2,1-3H3,(H2,27,28,33). The van der Waals surface area contributed by atoms with Crippen molar-refractivity contribution in [1.82, 2.24) is 15.1 Å². The van der Waals surface area contributed by atoms with Gasteiger partial charge in [0.15, 0.2) is 0 Å². The zero-order chi connectivity index (χ0) is 24.2. The highest BCUT2D eigenvalue weighted by Gasteiger charge is 2.21. The zero-order valence-electron chi connectivity index (χ0n) is 18.8. The summed E-state index contributed by atoms with van der Waals surface area (Å²) in [5, 5.41) is 29.1. The molecule has 0 saturated carbocycles. The molecule has 0 aliphatic carbocycles. The number of rotatable bonds is 7. The number of aliphatic hydroxyl groups is 2. The molecule has 0 spiro atoms. The second-order valence-electron chi connectivity index (χ2n) is 8.77. The minimum absolute atomic E-state index is 0.180. The van der Waals surface area contributed by atoms with E-state index in [1.54, 1.807) is 16.8 Å². The number of hydrogen-bond acceptors (Lipinski definition) is 4. The maximum absolute atomic E-state index is 14.3. The zero-order valence-corrected chi connectivity index (χ0v) is 19.5. The lowest BCUT2D eigenvalue weighted by molar-refractivity contribution is 0.190. The monoisotopic (exact) mass is 474 g/mol. The normalized spacial score (nSPS) is 11.6. The molecule has 3 aromatic rings. The Balaban J connectivity index is 1.75. The van der Waals surface area contributed by atoms with Crippen molar-refractivity contribution in [3.05, 3.63) is 76.3 Å². The molecule has 1 heterocycles. The van der Waals surface area contributed by atoms with Gasteiger partial charge in [0.2, 0.25) is 0 Å². The van der Waals surface area contributed by atoms with E-state index in [1.807, 2.05) is 18.2 Å². The SMILES string of the molecule is CC(C)(C)c1cc(CNC(=O)Nc2ccc(C(CO)CO)c(F)c2)n(-c2cccc(Cl)c2)n1. The number of carbonyl (C=O) groups is 1. The summed E-state index contributed by atoms with van der Waals surface area (Å²) in [4.78, 5) is 12.5. The highest BCUT2D eigenvalue weighted by atomic mass is 35.5. The number of aromatic nitrogens is 2. The average Bonchev–Trinajstić information content (AvgIpc) is 3.19. The fourth-order valence-corrected chi connectivity index (χ4v) is 3.46. The van der Waals surface area contributed by atoms with Crippen LogP contribution in [0.15, 0.2) is 48.5 Å². The summed E-state index contributed by atoms with van der Waals surface area (Å²) >= 11 is 6.14. The highest BCUT2D eigenvalue weighted by molar-refractivity contribution is 6.30. The van der Waals surface area contributed by atoms with Gasteiger partial charge in [-0.25, -0.2) is 13.9 Å². The van der Waals surface area contributed by atoms with Gasteiger partial charge in [0.1, 0.15) is 5.82 Å². The number of hydrogen-bond donors (Lipinski definition) is 4. The number of urea groups is 1. The fourth-order valence-electron chi connectivity index (χ4n) is 3.28. The van der Waals surface area contributed by atoms with Crippen molar-refractivity contribution in [2.45, 2.75) is 38.6 Å². The molecule has 0 bridgehead atoms. The molecule has 0 aliphatic heterocycles. The molecule has 9 heteroatoms. The summed E-state index contributed by atoms with van der Waals surface area (Å²) in [6, 6.07) is 12.8. The largest absolute Gasteiger partial charge is 0.396 e. The topological polar surface area (TPSA) is 99.4 Å². The molecule has 33 heavy (non-hydrogen) atoms. The van der Waals surface area contributed by atoms with E-state index in [0.717, 1.165) is 23.1 Å². The Labute approximate surface area is 197 Å². The van der Waals surface area contributed by atoms with Gasteiger partial charge in [-0.05, 0) is 42.0 Å². The van der Waals surface area contributed by atoms with Crippen LogP contribution < -0.4 is 10.6 Å². The van der Waals surface area contributed by atoms with E-state index in [1.165, 1.54) is 12.1 Å². The average molecular weight is 475 g/mol. The second-order valence-corrected chi connectivity index (χ2v) is 9.21. The lowest BCUT2D eigenvalue weighted by Crippen LogP contribution is -2.29. The van der Waals surface area contributed by atoms with Crippen LogP contribution in [0.2, 0.25) is 5.02 Å². The second kappa shape index (κ2) is 10.3. The van der Waals surface area contributed by atoms with Gasteiger partial charge in [-0.15, -0.1) is 0 Å². The number of benzene rings is 2. The molecule has 7 nitrogen and oxygen atoms in total. The number of nitrogens with zero attached hydrogens (tertiary/aromatic N) is 2. The van der Waals surface area contributed by atoms with Crippen molar-refractivity contribution in [3.63, 3.8) is 0 Å². The van der Waals surface area contributed by atoms with Crippen LogP contribution in [-0.2, 0) is 12.0 Å². The van der Waals surface area contributed by atoms with Gasteiger partial charge in [0.25, 0.3) is 0 Å². The molecular weight excluding hydrogens is 447 g/mol. The number of halogens is 2. The molecule has 0 aliphatic rings. The first kappa shape index (κ1) is 24.7. The Morgan fingerprint density at radius 3 is 2.48 bits per heavy atom. The van der Waals surface area contributed by atoms with Gasteiger partial charge in [0.05, 0.1) is 36.8 Å². The molecule has 176 valence electrons. The third-order valence-electron chi connectivity index (χ3n) is 5.17. The molecule has 2 aromatic carbocycles. The van der Waals surface area contributed by atoms with Gasteiger partial charge >= 0.3 is 6.03 Å². The predicted molar refractivity (Wildman–Crippen MR) is 126 cm³/mol. The molecule has 0 atom stereocenters. The van der Waals surface area contributed by atoms with Crippen LogP contribution in [0.4, 0.5) is 14.9 Å². The minimum Gasteiger partial charge on any atom is -0.396 e. The smallest absolute Gasteiger partial charge is 0.319 e. The maximum Gasteiger partial charge on any atom is 0.319 e. The molecule has 3 rings (SSSR count). The first-order chi connectivity index (χ1) is 15.6. The summed E-state index contributed by atoms with van der Waals surface area (Å²) in [6.07, 6.45) is 0. The highest BCUT2D eigenvalue weighted by Crippen LogP contribution is 2.25. The lowest BCUT2D eigenvalue weighted by atomic mass is 9.92. The third-order valence-corrected chi connectivity index (χ3v) is 5.41. The van der Waals surface area contributed by atoms with E-state index >= 15 is 0 Å². The lowest BCUT2D eigenvalue weighted by Gasteiger charge is -2.14. The number of anilines is 1. The Bertz CT molecular complexity index is 1120. The van der Waals surface area contributed by atoms with Crippen molar-refractivity contribution < 1.29 is 19.4 Å². The van der Waals surface area contributed by atoms with Gasteiger partial charge in [-0.3, -0.25) is 0 Å². The Morgan fingerprint density at radius 2 is 1.88 bits per heavy atom. The molecule has 4 N–H and O–H groups in total. The van der Waals surface area contributed by atoms with Crippen LogP contribution >= 0.6 is 11.6 Å². The minimum atomic E-state index is -0.711. The van der Waals surface area contributed by atoms with Crippen LogP contribution in [-0.4, -0.2) is 39.2 Å². The van der Waals surface area contributed by atoms with E-state index in [0.29, 0.717) is 5.02 Å². The van der Waals surface area contributed by atoms with Crippen LogP contribution in [0.25, 0.3) is 5.69 Å². The number of nitrogens with one attached hydrogen (secondary N) is 2.